The van der Waals surface area contributed by atoms with Crippen molar-refractivity contribution in [3.63, 3.8) is 0 Å². The van der Waals surface area contributed by atoms with E-state index in [1.165, 1.54) is 0 Å². The first-order valence-corrected chi connectivity index (χ1v) is 4.38. The summed E-state index contributed by atoms with van der Waals surface area (Å²) in [7, 11) is 1.73. The Bertz CT molecular complexity index is 217. The Morgan fingerprint density at radius 3 is 2.92 bits per heavy atom. The van der Waals surface area contributed by atoms with Crippen molar-refractivity contribution in [3.05, 3.63) is 0 Å². The third kappa shape index (κ3) is 2.42. The predicted octanol–water partition coefficient (Wildman–Crippen LogP) is -1.45. The lowest BCUT2D eigenvalue weighted by Gasteiger charge is -2.28. The first kappa shape index (κ1) is 9.98. The van der Waals surface area contributed by atoms with Gasteiger partial charge in [-0.15, -0.1) is 0 Å². The molecule has 1 rings (SSSR count). The zero-order valence-electron chi connectivity index (χ0n) is 7.96. The van der Waals surface area contributed by atoms with E-state index < -0.39 is 0 Å². The number of piperazine rings is 1. The van der Waals surface area contributed by atoms with Crippen LogP contribution in [0.3, 0.4) is 0 Å². The number of carbonyl (C=O) groups excluding carboxylic acids is 2. The zero-order valence-corrected chi connectivity index (χ0v) is 7.96. The second-order valence-electron chi connectivity index (χ2n) is 3.12. The summed E-state index contributed by atoms with van der Waals surface area (Å²) in [5, 5.41) is 5.52. The molecular formula is C8H15N3O2. The third-order valence-electron chi connectivity index (χ3n) is 2.15. The normalized spacial score (nSPS) is 19.5. The first-order valence-electron chi connectivity index (χ1n) is 4.38. The maximum Gasteiger partial charge on any atom is 0.239 e. The molecule has 0 aliphatic carbocycles. The average molecular weight is 185 g/mol. The summed E-state index contributed by atoms with van der Waals surface area (Å²) >= 11 is 0. The van der Waals surface area contributed by atoms with Crippen LogP contribution in [-0.4, -0.2) is 49.4 Å². The van der Waals surface area contributed by atoms with Gasteiger partial charge in [0.15, 0.2) is 0 Å². The number of hydrogen-bond acceptors (Lipinski definition) is 3. The van der Waals surface area contributed by atoms with Gasteiger partial charge < -0.3 is 15.5 Å². The number of rotatable bonds is 2. The van der Waals surface area contributed by atoms with E-state index in [2.05, 4.69) is 10.6 Å². The minimum Gasteiger partial charge on any atom is -0.353 e. The Hall–Kier alpha value is -1.10. The fraction of sp³-hybridized carbons (Fsp3) is 0.750. The number of nitrogens with zero attached hydrogens (tertiary/aromatic N) is 1. The largest absolute Gasteiger partial charge is 0.353 e. The standard InChI is InChI=1S/C8H15N3O2/c1-6(9-2)8(13)11-4-3-10-7(12)5-11/h6,9H,3-5H2,1-2H3,(H,10,12). The molecule has 0 aromatic carbocycles. The van der Waals surface area contributed by atoms with Gasteiger partial charge in [-0.05, 0) is 14.0 Å². The molecule has 2 N–H and O–H groups in total. The number of carbonyl (C=O) groups is 2. The molecule has 2 amide bonds. The van der Waals surface area contributed by atoms with Crippen LogP contribution in [0, 0.1) is 0 Å². The van der Waals surface area contributed by atoms with Crippen molar-refractivity contribution >= 4 is 11.8 Å². The molecule has 1 unspecified atom stereocenters. The molecule has 1 aliphatic heterocycles. The Kier molecular flexibility index (Phi) is 3.25. The van der Waals surface area contributed by atoms with Crippen LogP contribution in [0.25, 0.3) is 0 Å². The van der Waals surface area contributed by atoms with Gasteiger partial charge in [0.25, 0.3) is 0 Å². The first-order chi connectivity index (χ1) is 6.15. The van der Waals surface area contributed by atoms with Crippen LogP contribution in [0.5, 0.6) is 0 Å². The molecule has 74 valence electrons. The zero-order chi connectivity index (χ0) is 9.84. The highest BCUT2D eigenvalue weighted by molar-refractivity contribution is 5.88. The maximum atomic E-state index is 11.6. The van der Waals surface area contributed by atoms with Crippen molar-refractivity contribution in [2.75, 3.05) is 26.7 Å². The Morgan fingerprint density at radius 2 is 2.38 bits per heavy atom. The molecule has 5 heteroatoms. The number of nitrogens with one attached hydrogen (secondary N) is 2. The van der Waals surface area contributed by atoms with E-state index in [1.807, 2.05) is 0 Å². The van der Waals surface area contributed by atoms with Crippen LogP contribution in [0.15, 0.2) is 0 Å². The van der Waals surface area contributed by atoms with Crippen molar-refractivity contribution in [3.8, 4) is 0 Å². The number of hydrogen-bond donors (Lipinski definition) is 2. The highest BCUT2D eigenvalue weighted by Gasteiger charge is 2.23. The van der Waals surface area contributed by atoms with Gasteiger partial charge in [-0.2, -0.15) is 0 Å². The van der Waals surface area contributed by atoms with Gasteiger partial charge in [0.2, 0.25) is 11.8 Å². The average Bonchev–Trinajstić information content (AvgIpc) is 2.15. The van der Waals surface area contributed by atoms with Gasteiger partial charge in [0.1, 0.15) is 0 Å². The molecule has 1 atom stereocenters. The fourth-order valence-corrected chi connectivity index (χ4v) is 1.22. The van der Waals surface area contributed by atoms with E-state index in [-0.39, 0.29) is 24.4 Å². The summed E-state index contributed by atoms with van der Waals surface area (Å²) < 4.78 is 0. The van der Waals surface area contributed by atoms with Gasteiger partial charge in [0, 0.05) is 13.1 Å². The monoisotopic (exact) mass is 185 g/mol. The van der Waals surface area contributed by atoms with Gasteiger partial charge >= 0.3 is 0 Å². The second-order valence-corrected chi connectivity index (χ2v) is 3.12. The minimum atomic E-state index is -0.217. The molecule has 1 aliphatic rings. The van der Waals surface area contributed by atoms with Crippen molar-refractivity contribution in [1.82, 2.24) is 15.5 Å². The van der Waals surface area contributed by atoms with Gasteiger partial charge in [0.05, 0.1) is 12.6 Å². The van der Waals surface area contributed by atoms with E-state index in [0.29, 0.717) is 13.1 Å². The minimum absolute atomic E-state index is 0.0163. The summed E-state index contributed by atoms with van der Waals surface area (Å²) in [5.41, 5.74) is 0. The molecule has 5 nitrogen and oxygen atoms in total. The van der Waals surface area contributed by atoms with E-state index in [4.69, 9.17) is 0 Å². The summed E-state index contributed by atoms with van der Waals surface area (Å²) in [5.74, 6) is -0.0970. The molecule has 0 aromatic rings. The highest BCUT2D eigenvalue weighted by atomic mass is 16.2. The summed E-state index contributed by atoms with van der Waals surface area (Å²) in [6.07, 6.45) is 0. The topological polar surface area (TPSA) is 61.4 Å². The highest BCUT2D eigenvalue weighted by Crippen LogP contribution is 1.97. The lowest BCUT2D eigenvalue weighted by molar-refractivity contribution is -0.139. The SMILES string of the molecule is CNC(C)C(=O)N1CCNC(=O)C1. The molecular weight excluding hydrogens is 170 g/mol. The Balaban J connectivity index is 2.50. The third-order valence-corrected chi connectivity index (χ3v) is 2.15. The summed E-state index contributed by atoms with van der Waals surface area (Å²) in [4.78, 5) is 24.1. The maximum absolute atomic E-state index is 11.6. The van der Waals surface area contributed by atoms with Crippen LogP contribution >= 0.6 is 0 Å². The molecule has 0 radical (unpaired) electrons. The van der Waals surface area contributed by atoms with E-state index in [9.17, 15) is 9.59 Å². The lowest BCUT2D eigenvalue weighted by atomic mass is 10.2. The van der Waals surface area contributed by atoms with Crippen molar-refractivity contribution in [2.24, 2.45) is 0 Å². The molecule has 1 saturated heterocycles. The number of amides is 2. The van der Waals surface area contributed by atoms with Crippen LogP contribution < -0.4 is 10.6 Å². The number of likely N-dealkylation sites (N-methyl/N-ethyl adjacent to an activating group) is 1. The predicted molar refractivity (Wildman–Crippen MR) is 48.1 cm³/mol. The smallest absolute Gasteiger partial charge is 0.239 e. The van der Waals surface area contributed by atoms with Gasteiger partial charge in [-0.3, -0.25) is 9.59 Å². The van der Waals surface area contributed by atoms with E-state index in [0.717, 1.165) is 0 Å². The molecule has 0 saturated carbocycles. The molecule has 1 fully saturated rings. The van der Waals surface area contributed by atoms with Crippen molar-refractivity contribution in [1.29, 1.82) is 0 Å². The van der Waals surface area contributed by atoms with Crippen LogP contribution in [-0.2, 0) is 9.59 Å². The summed E-state index contributed by atoms with van der Waals surface area (Å²) in [6, 6.07) is -0.217. The van der Waals surface area contributed by atoms with E-state index in [1.54, 1.807) is 18.9 Å². The van der Waals surface area contributed by atoms with Crippen LogP contribution in [0.2, 0.25) is 0 Å². The van der Waals surface area contributed by atoms with Gasteiger partial charge in [-0.1, -0.05) is 0 Å². The fourth-order valence-electron chi connectivity index (χ4n) is 1.22. The van der Waals surface area contributed by atoms with Crippen molar-refractivity contribution in [2.45, 2.75) is 13.0 Å². The van der Waals surface area contributed by atoms with Crippen molar-refractivity contribution < 1.29 is 9.59 Å². The van der Waals surface area contributed by atoms with Crippen LogP contribution in [0.1, 0.15) is 6.92 Å². The molecule has 0 bridgehead atoms. The lowest BCUT2D eigenvalue weighted by Crippen LogP contribution is -2.54. The van der Waals surface area contributed by atoms with E-state index >= 15 is 0 Å². The Morgan fingerprint density at radius 1 is 1.69 bits per heavy atom. The second kappa shape index (κ2) is 4.23. The summed E-state index contributed by atoms with van der Waals surface area (Å²) in [6.45, 7) is 3.14. The molecule has 0 spiro atoms. The molecule has 13 heavy (non-hydrogen) atoms. The Labute approximate surface area is 77.5 Å². The quantitative estimate of drug-likeness (QED) is 0.553. The molecule has 1 heterocycles. The molecule has 0 aromatic heterocycles. The van der Waals surface area contributed by atoms with Gasteiger partial charge in [-0.25, -0.2) is 0 Å². The van der Waals surface area contributed by atoms with Crippen LogP contribution in [0.4, 0.5) is 0 Å².